The Morgan fingerprint density at radius 1 is 1.44 bits per heavy atom. The summed E-state index contributed by atoms with van der Waals surface area (Å²) < 4.78 is 2.02. The minimum Gasteiger partial charge on any atom is -0.336 e. The number of nitrogens with one attached hydrogen (secondary N) is 2. The Balaban J connectivity index is 1.53. The summed E-state index contributed by atoms with van der Waals surface area (Å²) in [6, 6.07) is 0.0522. The van der Waals surface area contributed by atoms with Gasteiger partial charge in [-0.1, -0.05) is 0 Å². The number of carbonyl (C=O) groups is 1. The first-order chi connectivity index (χ1) is 7.86. The highest BCUT2D eigenvalue weighted by atomic mass is 16.2. The van der Waals surface area contributed by atoms with E-state index >= 15 is 0 Å². The summed E-state index contributed by atoms with van der Waals surface area (Å²) in [5.41, 5.74) is 0. The summed E-state index contributed by atoms with van der Waals surface area (Å²) in [7, 11) is 0. The highest BCUT2D eigenvalue weighted by molar-refractivity contribution is 5.76. The maximum atomic E-state index is 11.2. The lowest BCUT2D eigenvalue weighted by Crippen LogP contribution is -2.35. The highest BCUT2D eigenvalue weighted by Gasteiger charge is 2.17. The minimum atomic E-state index is 0.0522. The van der Waals surface area contributed by atoms with Crippen molar-refractivity contribution in [1.29, 1.82) is 0 Å². The van der Waals surface area contributed by atoms with Crippen LogP contribution in [-0.4, -0.2) is 53.2 Å². The lowest BCUT2D eigenvalue weighted by atomic mass is 10.5. The second-order valence-electron chi connectivity index (χ2n) is 3.77. The molecular formula is C10H17N5O. The van der Waals surface area contributed by atoms with Gasteiger partial charge in [0.05, 0.1) is 6.33 Å². The van der Waals surface area contributed by atoms with E-state index < -0.39 is 0 Å². The second-order valence-corrected chi connectivity index (χ2v) is 3.77. The molecule has 2 N–H and O–H groups in total. The average Bonchev–Trinajstić information content (AvgIpc) is 2.90. The summed E-state index contributed by atoms with van der Waals surface area (Å²) >= 11 is 0. The first kappa shape index (κ1) is 10.9. The van der Waals surface area contributed by atoms with Crippen LogP contribution in [0.1, 0.15) is 0 Å². The van der Waals surface area contributed by atoms with Crippen LogP contribution in [0.25, 0.3) is 0 Å². The van der Waals surface area contributed by atoms with E-state index in [0.29, 0.717) is 0 Å². The largest absolute Gasteiger partial charge is 0.336 e. The lowest BCUT2D eigenvalue weighted by Gasteiger charge is -2.14. The van der Waals surface area contributed by atoms with Crippen molar-refractivity contribution in [3.63, 3.8) is 0 Å². The van der Waals surface area contributed by atoms with E-state index in [4.69, 9.17) is 0 Å². The van der Waals surface area contributed by atoms with Gasteiger partial charge >= 0.3 is 6.03 Å². The van der Waals surface area contributed by atoms with Gasteiger partial charge in [0, 0.05) is 51.7 Å². The monoisotopic (exact) mass is 223 g/mol. The molecule has 1 aliphatic rings. The summed E-state index contributed by atoms with van der Waals surface area (Å²) in [6.45, 7) is 5.01. The summed E-state index contributed by atoms with van der Waals surface area (Å²) in [4.78, 5) is 17.0. The number of urea groups is 1. The van der Waals surface area contributed by atoms with Gasteiger partial charge in [0.15, 0.2) is 0 Å². The van der Waals surface area contributed by atoms with E-state index in [1.807, 2.05) is 15.7 Å². The molecule has 1 aromatic heterocycles. The average molecular weight is 223 g/mol. The number of hydrogen-bond acceptors (Lipinski definition) is 3. The fourth-order valence-electron chi connectivity index (χ4n) is 1.69. The molecule has 2 rings (SSSR count). The van der Waals surface area contributed by atoms with Gasteiger partial charge in [0.1, 0.15) is 0 Å². The van der Waals surface area contributed by atoms with Crippen molar-refractivity contribution >= 4 is 6.03 Å². The molecule has 6 heteroatoms. The van der Waals surface area contributed by atoms with Crippen molar-refractivity contribution in [2.45, 2.75) is 6.54 Å². The Morgan fingerprint density at radius 2 is 2.31 bits per heavy atom. The molecule has 2 heterocycles. The first-order valence-corrected chi connectivity index (χ1v) is 5.55. The fourth-order valence-corrected chi connectivity index (χ4v) is 1.69. The second kappa shape index (κ2) is 5.50. The van der Waals surface area contributed by atoms with Gasteiger partial charge in [-0.3, -0.25) is 0 Å². The van der Waals surface area contributed by atoms with Gasteiger partial charge in [-0.25, -0.2) is 9.78 Å². The Kier molecular flexibility index (Phi) is 3.76. The van der Waals surface area contributed by atoms with Gasteiger partial charge in [0.2, 0.25) is 0 Å². The van der Waals surface area contributed by atoms with Crippen molar-refractivity contribution in [3.8, 4) is 0 Å². The third kappa shape index (κ3) is 2.96. The number of imidazole rings is 1. The molecule has 2 amide bonds. The van der Waals surface area contributed by atoms with Crippen molar-refractivity contribution in [2.75, 3.05) is 32.7 Å². The smallest absolute Gasteiger partial charge is 0.317 e. The van der Waals surface area contributed by atoms with E-state index in [0.717, 1.165) is 39.3 Å². The zero-order valence-electron chi connectivity index (χ0n) is 9.22. The Hall–Kier alpha value is -1.56. The fraction of sp³-hybridized carbons (Fsp3) is 0.600. The van der Waals surface area contributed by atoms with Crippen LogP contribution in [0.2, 0.25) is 0 Å². The van der Waals surface area contributed by atoms with Gasteiger partial charge in [-0.05, 0) is 0 Å². The van der Waals surface area contributed by atoms with Crippen LogP contribution < -0.4 is 10.6 Å². The van der Waals surface area contributed by atoms with E-state index in [9.17, 15) is 4.79 Å². The molecule has 1 aliphatic heterocycles. The van der Waals surface area contributed by atoms with Gasteiger partial charge in [0.25, 0.3) is 0 Å². The first-order valence-electron chi connectivity index (χ1n) is 5.55. The molecule has 0 atom stereocenters. The molecule has 88 valence electrons. The zero-order chi connectivity index (χ0) is 11.2. The van der Waals surface area contributed by atoms with Gasteiger partial charge in [-0.15, -0.1) is 0 Å². The topological polar surface area (TPSA) is 62.2 Å². The molecule has 0 radical (unpaired) electrons. The molecule has 0 unspecified atom stereocenters. The molecule has 1 saturated heterocycles. The molecular weight excluding hydrogens is 206 g/mol. The molecule has 0 aromatic carbocycles. The predicted octanol–water partition coefficient (Wildman–Crippen LogP) is -0.502. The maximum absolute atomic E-state index is 11.2. The molecule has 0 saturated carbocycles. The number of rotatable bonds is 6. The Bertz CT molecular complexity index is 324. The van der Waals surface area contributed by atoms with Crippen molar-refractivity contribution in [3.05, 3.63) is 18.7 Å². The van der Waals surface area contributed by atoms with Crippen LogP contribution in [-0.2, 0) is 6.54 Å². The molecule has 0 aliphatic carbocycles. The number of aromatic nitrogens is 2. The van der Waals surface area contributed by atoms with E-state index in [1.165, 1.54) is 0 Å². The highest BCUT2D eigenvalue weighted by Crippen LogP contribution is 1.94. The van der Waals surface area contributed by atoms with Crippen LogP contribution in [0.5, 0.6) is 0 Å². The third-order valence-corrected chi connectivity index (χ3v) is 2.61. The summed E-state index contributed by atoms with van der Waals surface area (Å²) in [6.07, 6.45) is 5.51. The summed E-state index contributed by atoms with van der Waals surface area (Å²) in [5.74, 6) is 0. The molecule has 1 aromatic rings. The Labute approximate surface area is 94.6 Å². The maximum Gasteiger partial charge on any atom is 0.317 e. The van der Waals surface area contributed by atoms with E-state index in [2.05, 4.69) is 15.6 Å². The summed E-state index contributed by atoms with van der Waals surface area (Å²) in [5, 5.41) is 6.08. The number of hydrogen-bond donors (Lipinski definition) is 2. The van der Waals surface area contributed by atoms with E-state index in [-0.39, 0.29) is 6.03 Å². The van der Waals surface area contributed by atoms with Crippen LogP contribution in [0.4, 0.5) is 4.79 Å². The van der Waals surface area contributed by atoms with Gasteiger partial charge in [-0.2, -0.15) is 0 Å². The standard InChI is InChI=1S/C10H17N5O/c16-10-13-4-8-15(10)7-3-11-1-5-14-6-2-12-9-14/h2,6,9,11H,1,3-5,7-8H2,(H,13,16). The van der Waals surface area contributed by atoms with Crippen LogP contribution in [0.15, 0.2) is 18.7 Å². The molecule has 6 nitrogen and oxygen atoms in total. The SMILES string of the molecule is O=C1NCCN1CCNCCn1ccnc1. The molecule has 16 heavy (non-hydrogen) atoms. The molecule has 0 spiro atoms. The zero-order valence-corrected chi connectivity index (χ0v) is 9.22. The minimum absolute atomic E-state index is 0.0522. The third-order valence-electron chi connectivity index (χ3n) is 2.61. The van der Waals surface area contributed by atoms with Crippen LogP contribution >= 0.6 is 0 Å². The predicted molar refractivity (Wildman–Crippen MR) is 60.1 cm³/mol. The number of carbonyl (C=O) groups excluding carboxylic acids is 1. The van der Waals surface area contributed by atoms with Crippen molar-refractivity contribution in [2.24, 2.45) is 0 Å². The molecule has 0 bridgehead atoms. The normalized spacial score (nSPS) is 15.5. The number of amides is 2. The van der Waals surface area contributed by atoms with Crippen LogP contribution in [0, 0.1) is 0 Å². The van der Waals surface area contributed by atoms with Gasteiger partial charge < -0.3 is 20.1 Å². The van der Waals surface area contributed by atoms with Crippen molar-refractivity contribution < 1.29 is 4.79 Å². The lowest BCUT2D eigenvalue weighted by molar-refractivity contribution is 0.217. The molecule has 1 fully saturated rings. The quantitative estimate of drug-likeness (QED) is 0.639. The Morgan fingerprint density at radius 3 is 3.00 bits per heavy atom. The van der Waals surface area contributed by atoms with Crippen molar-refractivity contribution in [1.82, 2.24) is 25.1 Å². The van der Waals surface area contributed by atoms with Crippen LogP contribution in [0.3, 0.4) is 0 Å². The van der Waals surface area contributed by atoms with E-state index in [1.54, 1.807) is 12.5 Å². The number of nitrogens with zero attached hydrogens (tertiary/aromatic N) is 3.